The average Bonchev–Trinajstić information content (AvgIpc) is 2.33. The highest BCUT2D eigenvalue weighted by Crippen LogP contribution is 2.07. The lowest BCUT2D eigenvalue weighted by atomic mass is 10.4. The van der Waals surface area contributed by atoms with Gasteiger partial charge in [-0.1, -0.05) is 0 Å². The molecule has 0 saturated carbocycles. The molecule has 1 rings (SSSR count). The number of aromatic nitrogens is 2. The Morgan fingerprint density at radius 1 is 1.50 bits per heavy atom. The molecule has 0 fully saturated rings. The number of nitrogens with zero attached hydrogens (tertiary/aromatic N) is 2. The predicted molar refractivity (Wildman–Crippen MR) is 56.1 cm³/mol. The topological polar surface area (TPSA) is 50.1 Å². The lowest BCUT2D eigenvalue weighted by Gasteiger charge is -2.07. The van der Waals surface area contributed by atoms with E-state index < -0.39 is 0 Å². The van der Waals surface area contributed by atoms with Crippen molar-refractivity contribution in [3.05, 3.63) is 17.2 Å². The number of imidazole rings is 1. The maximum Gasteiger partial charge on any atom is 0.122 e. The Bertz CT molecular complexity index is 305. The van der Waals surface area contributed by atoms with Crippen molar-refractivity contribution in [1.29, 1.82) is 0 Å². The molecular weight excluding hydrogens is 178 g/mol. The summed E-state index contributed by atoms with van der Waals surface area (Å²) in [6.07, 6.45) is -0.308. The van der Waals surface area contributed by atoms with Crippen LogP contribution in [0.4, 0.5) is 0 Å². The van der Waals surface area contributed by atoms with E-state index in [4.69, 9.17) is 5.11 Å². The van der Waals surface area contributed by atoms with Crippen molar-refractivity contribution in [2.45, 2.75) is 33.4 Å². The van der Waals surface area contributed by atoms with Crippen LogP contribution >= 0.6 is 0 Å². The SMILES string of the molecule is Cc1nc(CNCC(C)O)n(C)c1C. The number of hydrogen-bond donors (Lipinski definition) is 2. The Morgan fingerprint density at radius 2 is 2.14 bits per heavy atom. The molecular formula is C10H19N3O. The zero-order valence-electron chi connectivity index (χ0n) is 9.33. The van der Waals surface area contributed by atoms with Gasteiger partial charge in [-0.25, -0.2) is 4.98 Å². The number of aliphatic hydroxyl groups excluding tert-OH is 1. The van der Waals surface area contributed by atoms with Crippen LogP contribution in [0.5, 0.6) is 0 Å². The monoisotopic (exact) mass is 197 g/mol. The summed E-state index contributed by atoms with van der Waals surface area (Å²) in [5.74, 6) is 1.01. The van der Waals surface area contributed by atoms with Crippen LogP contribution in [0, 0.1) is 13.8 Å². The normalized spacial score (nSPS) is 13.2. The van der Waals surface area contributed by atoms with Crippen LogP contribution in [0.3, 0.4) is 0 Å². The summed E-state index contributed by atoms with van der Waals surface area (Å²) in [4.78, 5) is 4.43. The van der Waals surface area contributed by atoms with Gasteiger partial charge in [-0.3, -0.25) is 0 Å². The Balaban J connectivity index is 2.55. The summed E-state index contributed by atoms with van der Waals surface area (Å²) >= 11 is 0. The molecule has 0 aliphatic rings. The first-order chi connectivity index (χ1) is 6.52. The summed E-state index contributed by atoms with van der Waals surface area (Å²) in [6, 6.07) is 0. The fourth-order valence-electron chi connectivity index (χ4n) is 1.34. The first kappa shape index (κ1) is 11.2. The van der Waals surface area contributed by atoms with Crippen LogP contribution in [0.2, 0.25) is 0 Å². The van der Waals surface area contributed by atoms with Gasteiger partial charge in [0.25, 0.3) is 0 Å². The maximum atomic E-state index is 9.07. The molecule has 0 aromatic carbocycles. The third-order valence-electron chi connectivity index (χ3n) is 2.43. The number of aryl methyl sites for hydroxylation is 1. The number of nitrogens with one attached hydrogen (secondary N) is 1. The smallest absolute Gasteiger partial charge is 0.122 e. The van der Waals surface area contributed by atoms with E-state index in [0.29, 0.717) is 13.1 Å². The Labute approximate surface area is 85.0 Å². The molecule has 80 valence electrons. The predicted octanol–water partition coefficient (Wildman–Crippen LogP) is 0.507. The second-order valence-electron chi connectivity index (χ2n) is 3.74. The first-order valence-corrected chi connectivity index (χ1v) is 4.90. The van der Waals surface area contributed by atoms with E-state index >= 15 is 0 Å². The fraction of sp³-hybridized carbons (Fsp3) is 0.700. The molecule has 0 amide bonds. The van der Waals surface area contributed by atoms with Crippen molar-refractivity contribution >= 4 is 0 Å². The van der Waals surface area contributed by atoms with Crippen LogP contribution < -0.4 is 5.32 Å². The van der Waals surface area contributed by atoms with Gasteiger partial charge in [-0.15, -0.1) is 0 Å². The molecule has 0 bridgehead atoms. The van der Waals surface area contributed by atoms with Gasteiger partial charge in [0.2, 0.25) is 0 Å². The molecule has 1 unspecified atom stereocenters. The lowest BCUT2D eigenvalue weighted by molar-refractivity contribution is 0.190. The molecule has 14 heavy (non-hydrogen) atoms. The van der Waals surface area contributed by atoms with E-state index in [9.17, 15) is 0 Å². The van der Waals surface area contributed by atoms with Gasteiger partial charge in [0, 0.05) is 19.3 Å². The summed E-state index contributed by atoms with van der Waals surface area (Å²) in [7, 11) is 2.01. The Hall–Kier alpha value is -0.870. The second-order valence-corrected chi connectivity index (χ2v) is 3.74. The first-order valence-electron chi connectivity index (χ1n) is 4.90. The van der Waals surface area contributed by atoms with Crippen LogP contribution in [-0.4, -0.2) is 27.3 Å². The number of rotatable bonds is 4. The zero-order chi connectivity index (χ0) is 10.7. The van der Waals surface area contributed by atoms with Crippen molar-refractivity contribution in [1.82, 2.24) is 14.9 Å². The summed E-state index contributed by atoms with van der Waals surface area (Å²) < 4.78 is 2.07. The lowest BCUT2D eigenvalue weighted by Crippen LogP contribution is -2.25. The third kappa shape index (κ3) is 2.56. The third-order valence-corrected chi connectivity index (χ3v) is 2.43. The van der Waals surface area contributed by atoms with E-state index in [0.717, 1.165) is 11.5 Å². The molecule has 0 spiro atoms. The molecule has 2 N–H and O–H groups in total. The van der Waals surface area contributed by atoms with Gasteiger partial charge in [-0.2, -0.15) is 0 Å². The highest BCUT2D eigenvalue weighted by molar-refractivity contribution is 5.13. The van der Waals surface area contributed by atoms with Gasteiger partial charge in [-0.05, 0) is 20.8 Å². The molecule has 1 atom stereocenters. The molecule has 0 aliphatic heterocycles. The van der Waals surface area contributed by atoms with Crippen molar-refractivity contribution in [3.8, 4) is 0 Å². The van der Waals surface area contributed by atoms with E-state index in [1.807, 2.05) is 14.0 Å². The highest BCUT2D eigenvalue weighted by atomic mass is 16.3. The highest BCUT2D eigenvalue weighted by Gasteiger charge is 2.06. The summed E-state index contributed by atoms with van der Waals surface area (Å²) in [5, 5.41) is 12.2. The van der Waals surface area contributed by atoms with E-state index in [1.54, 1.807) is 6.92 Å². The van der Waals surface area contributed by atoms with Crippen LogP contribution in [0.15, 0.2) is 0 Å². The van der Waals surface area contributed by atoms with Crippen LogP contribution in [0.1, 0.15) is 24.1 Å². The Morgan fingerprint density at radius 3 is 2.57 bits per heavy atom. The minimum absolute atomic E-state index is 0.308. The molecule has 1 heterocycles. The molecule has 1 aromatic rings. The van der Waals surface area contributed by atoms with Crippen molar-refractivity contribution in [2.75, 3.05) is 6.54 Å². The van der Waals surface area contributed by atoms with Crippen molar-refractivity contribution < 1.29 is 5.11 Å². The quantitative estimate of drug-likeness (QED) is 0.739. The van der Waals surface area contributed by atoms with Crippen LogP contribution in [0.25, 0.3) is 0 Å². The van der Waals surface area contributed by atoms with Gasteiger partial charge in [0.1, 0.15) is 5.82 Å². The summed E-state index contributed by atoms with van der Waals surface area (Å²) in [5.41, 5.74) is 2.26. The van der Waals surface area contributed by atoms with Gasteiger partial charge < -0.3 is 15.0 Å². The zero-order valence-corrected chi connectivity index (χ0v) is 9.33. The second kappa shape index (κ2) is 4.57. The van der Waals surface area contributed by atoms with E-state index in [1.165, 1.54) is 5.69 Å². The van der Waals surface area contributed by atoms with Crippen molar-refractivity contribution in [3.63, 3.8) is 0 Å². The number of aliphatic hydroxyl groups is 1. The summed E-state index contributed by atoms with van der Waals surface area (Å²) in [6.45, 7) is 7.14. The maximum absolute atomic E-state index is 9.07. The molecule has 4 nitrogen and oxygen atoms in total. The minimum atomic E-state index is -0.308. The molecule has 0 aliphatic carbocycles. The standard InChI is InChI=1S/C10H19N3O/c1-7(14)5-11-6-10-12-8(2)9(3)13(10)4/h7,11,14H,5-6H2,1-4H3. The average molecular weight is 197 g/mol. The van der Waals surface area contributed by atoms with E-state index in [2.05, 4.69) is 21.8 Å². The number of hydrogen-bond acceptors (Lipinski definition) is 3. The molecule has 0 saturated heterocycles. The molecule has 4 heteroatoms. The largest absolute Gasteiger partial charge is 0.392 e. The minimum Gasteiger partial charge on any atom is -0.392 e. The van der Waals surface area contributed by atoms with Crippen LogP contribution in [-0.2, 0) is 13.6 Å². The van der Waals surface area contributed by atoms with Gasteiger partial charge in [0.15, 0.2) is 0 Å². The Kier molecular flexibility index (Phi) is 3.66. The van der Waals surface area contributed by atoms with Gasteiger partial charge in [0.05, 0.1) is 18.3 Å². The molecule has 0 radical (unpaired) electrons. The van der Waals surface area contributed by atoms with Crippen molar-refractivity contribution in [2.24, 2.45) is 7.05 Å². The fourth-order valence-corrected chi connectivity index (χ4v) is 1.34. The molecule has 1 aromatic heterocycles. The van der Waals surface area contributed by atoms with E-state index in [-0.39, 0.29) is 6.10 Å². The van der Waals surface area contributed by atoms with Gasteiger partial charge >= 0.3 is 0 Å².